The second-order valence-electron chi connectivity index (χ2n) is 10.5. The van der Waals surface area contributed by atoms with Crippen molar-refractivity contribution >= 4 is 34.9 Å². The van der Waals surface area contributed by atoms with E-state index < -0.39 is 13.8 Å². The predicted molar refractivity (Wildman–Crippen MR) is 151 cm³/mol. The molecule has 0 bridgehead atoms. The third-order valence-corrected chi connectivity index (χ3v) is 16.3. The minimum atomic E-state index is -1.80. The fourth-order valence-electron chi connectivity index (χ4n) is 6.80. The summed E-state index contributed by atoms with van der Waals surface area (Å²) in [5.74, 6) is 0. The van der Waals surface area contributed by atoms with Crippen molar-refractivity contribution < 1.29 is 0 Å². The van der Waals surface area contributed by atoms with Crippen LogP contribution in [0.25, 0.3) is 0 Å². The smallest absolute Gasteiger partial charge is 0.00337 e. The molecule has 0 amide bonds. The fraction of sp³-hybridized carbons (Fsp3) is 0.367. The van der Waals surface area contributed by atoms with Gasteiger partial charge in [0.15, 0.2) is 0 Å². The molecule has 3 aromatic carbocycles. The lowest BCUT2D eigenvalue weighted by atomic mass is 10.1. The summed E-state index contributed by atoms with van der Waals surface area (Å²) in [6.45, 7) is 20.0. The van der Waals surface area contributed by atoms with E-state index in [1.807, 2.05) is 0 Å². The normalized spacial score (nSPS) is 22.2. The molecule has 4 rings (SSSR count). The lowest BCUT2D eigenvalue weighted by Gasteiger charge is -2.37. The average molecular weight is 461 g/mol. The van der Waals surface area contributed by atoms with E-state index in [2.05, 4.69) is 110 Å². The van der Waals surface area contributed by atoms with E-state index in [4.69, 9.17) is 0 Å². The summed E-state index contributed by atoms with van der Waals surface area (Å²) in [4.78, 5) is 0. The van der Waals surface area contributed by atoms with Crippen LogP contribution < -0.4 is 15.9 Å². The van der Waals surface area contributed by atoms with E-state index in [1.54, 1.807) is 21.5 Å². The Morgan fingerprint density at radius 2 is 0.906 bits per heavy atom. The molecule has 1 aliphatic heterocycles. The Labute approximate surface area is 196 Å². The van der Waals surface area contributed by atoms with Gasteiger partial charge in [-0.2, -0.15) is 0 Å². The minimum Gasteiger partial charge on any atom is -0.119 e. The van der Waals surface area contributed by atoms with Gasteiger partial charge in [0.25, 0.3) is 0 Å². The molecule has 0 fully saturated rings. The van der Waals surface area contributed by atoms with Crippen LogP contribution in [-0.4, -0.2) is 18.5 Å². The number of fused-ring (bicyclic) bond motifs is 1. The van der Waals surface area contributed by atoms with Crippen LogP contribution in [0.3, 0.4) is 0 Å². The number of benzene rings is 3. The van der Waals surface area contributed by atoms with Gasteiger partial charge in [0.1, 0.15) is 0 Å². The summed E-state index contributed by atoms with van der Waals surface area (Å²) < 4.78 is 0. The lowest BCUT2D eigenvalue weighted by Crippen LogP contribution is -2.30. The standard InChI is InChI=1S/C30H38P2/c1-19-11-22(4)28(23(5)12-19)31(9)17-27-16-21(3)15-26(8)30(27)32(10,18-31)29-24(6)13-20(2)14-25(29)7/h11-16H,17H2,1-10H3. The van der Waals surface area contributed by atoms with Crippen LogP contribution in [0.1, 0.15) is 50.1 Å². The Bertz CT molecular complexity index is 1350. The van der Waals surface area contributed by atoms with Crippen LogP contribution in [-0.2, 0) is 6.16 Å². The molecule has 3 aromatic rings. The highest BCUT2D eigenvalue weighted by atomic mass is 31.2. The monoisotopic (exact) mass is 460 g/mol. The number of hydrogen-bond donors (Lipinski definition) is 0. The molecule has 32 heavy (non-hydrogen) atoms. The number of aryl methyl sites for hydroxylation is 8. The quantitative estimate of drug-likeness (QED) is 0.366. The molecule has 0 aromatic heterocycles. The first-order valence-corrected chi connectivity index (χ1v) is 16.3. The van der Waals surface area contributed by atoms with Crippen molar-refractivity contribution in [2.24, 2.45) is 0 Å². The highest BCUT2D eigenvalue weighted by Gasteiger charge is 2.33. The zero-order valence-electron chi connectivity index (χ0n) is 21.6. The third-order valence-electron chi connectivity index (χ3n) is 7.09. The van der Waals surface area contributed by atoms with Crippen molar-refractivity contribution in [1.82, 2.24) is 0 Å². The molecule has 0 radical (unpaired) electrons. The van der Waals surface area contributed by atoms with Gasteiger partial charge in [-0.05, 0) is 132 Å². The van der Waals surface area contributed by atoms with Crippen molar-refractivity contribution in [2.75, 3.05) is 13.3 Å². The third kappa shape index (κ3) is 3.72. The number of hydrogen-bond acceptors (Lipinski definition) is 0. The van der Waals surface area contributed by atoms with Crippen molar-refractivity contribution in [3.8, 4) is 0 Å². The molecule has 0 nitrogen and oxygen atoms in total. The molecule has 2 atom stereocenters. The summed E-state index contributed by atoms with van der Waals surface area (Å²) in [6, 6.07) is 14.4. The van der Waals surface area contributed by atoms with E-state index in [1.165, 1.54) is 44.5 Å². The maximum absolute atomic E-state index is 4.48. The van der Waals surface area contributed by atoms with E-state index >= 15 is 0 Å². The van der Waals surface area contributed by atoms with Crippen molar-refractivity contribution in [2.45, 2.75) is 61.6 Å². The van der Waals surface area contributed by atoms with Gasteiger partial charge in [-0.25, -0.2) is 0 Å². The molecule has 2 unspecified atom stereocenters. The summed E-state index contributed by atoms with van der Waals surface area (Å²) in [6.07, 6.45) is 1.13. The second kappa shape index (κ2) is 7.96. The molecule has 0 aliphatic carbocycles. The maximum Gasteiger partial charge on any atom is 0.00337 e. The Balaban J connectivity index is 2.27. The van der Waals surface area contributed by atoms with Crippen LogP contribution in [0, 0.1) is 55.4 Å². The molecule has 0 saturated carbocycles. The van der Waals surface area contributed by atoms with E-state index in [-0.39, 0.29) is 0 Å². The van der Waals surface area contributed by atoms with Crippen LogP contribution in [0.15, 0.2) is 36.4 Å². The summed E-state index contributed by atoms with van der Waals surface area (Å²) >= 11 is 0. The largest absolute Gasteiger partial charge is 0.119 e. The zero-order chi connectivity index (χ0) is 23.6. The lowest BCUT2D eigenvalue weighted by molar-refractivity contribution is 1.31. The first-order valence-electron chi connectivity index (χ1n) is 11.6. The summed E-state index contributed by atoms with van der Waals surface area (Å²) in [5, 5.41) is 9.22. The molecular weight excluding hydrogens is 422 g/mol. The Kier molecular flexibility index (Phi) is 5.83. The van der Waals surface area contributed by atoms with Gasteiger partial charge in [0.2, 0.25) is 0 Å². The molecule has 1 heterocycles. The Morgan fingerprint density at radius 1 is 0.531 bits per heavy atom. The molecule has 0 N–H and O–H groups in total. The van der Waals surface area contributed by atoms with Gasteiger partial charge in [-0.1, -0.05) is 53.1 Å². The van der Waals surface area contributed by atoms with Crippen LogP contribution in [0.5, 0.6) is 0 Å². The van der Waals surface area contributed by atoms with Gasteiger partial charge < -0.3 is 0 Å². The Morgan fingerprint density at radius 3 is 1.38 bits per heavy atom. The fourth-order valence-corrected chi connectivity index (χ4v) is 18.0. The van der Waals surface area contributed by atoms with Gasteiger partial charge in [0, 0.05) is 6.16 Å². The van der Waals surface area contributed by atoms with E-state index in [0.717, 1.165) is 6.16 Å². The molecule has 168 valence electrons. The average Bonchev–Trinajstić information content (AvgIpc) is 2.57. The predicted octanol–water partition coefficient (Wildman–Crippen LogP) is 6.88. The van der Waals surface area contributed by atoms with Gasteiger partial charge in [0.05, 0.1) is 0 Å². The van der Waals surface area contributed by atoms with Crippen LogP contribution in [0.4, 0.5) is 0 Å². The van der Waals surface area contributed by atoms with Crippen molar-refractivity contribution in [3.63, 3.8) is 0 Å². The van der Waals surface area contributed by atoms with E-state index in [0.29, 0.717) is 0 Å². The second-order valence-corrected chi connectivity index (χ2v) is 17.4. The van der Waals surface area contributed by atoms with Crippen LogP contribution in [0.2, 0.25) is 0 Å². The number of rotatable bonds is 2. The molecule has 0 spiro atoms. The SMILES string of the molecule is Cc1cc(C)c(P2(C)=C=P(C)(c3c(C)cc(C)cc3C)c3c(C)cc(C)cc3C2)c(C)c1. The first-order chi connectivity index (χ1) is 14.9. The van der Waals surface area contributed by atoms with Gasteiger partial charge in [-0.15, -0.1) is 5.17 Å². The van der Waals surface area contributed by atoms with E-state index in [9.17, 15) is 0 Å². The molecular formula is C30H38P2. The Hall–Kier alpha value is -1.70. The maximum atomic E-state index is 4.48. The summed E-state index contributed by atoms with van der Waals surface area (Å²) in [5.41, 5.74) is 12.9. The topological polar surface area (TPSA) is 0 Å². The van der Waals surface area contributed by atoms with Crippen molar-refractivity contribution in [1.29, 1.82) is 0 Å². The van der Waals surface area contributed by atoms with Gasteiger partial charge >= 0.3 is 0 Å². The zero-order valence-corrected chi connectivity index (χ0v) is 23.4. The minimum absolute atomic E-state index is 1.13. The highest BCUT2D eigenvalue weighted by Crippen LogP contribution is 2.57. The van der Waals surface area contributed by atoms with Crippen molar-refractivity contribution in [3.05, 3.63) is 86.5 Å². The van der Waals surface area contributed by atoms with Crippen LogP contribution >= 0.6 is 13.8 Å². The molecule has 2 heteroatoms. The summed E-state index contributed by atoms with van der Waals surface area (Å²) in [7, 11) is 0. The molecule has 1 aliphatic rings. The first kappa shape index (κ1) is 23.5. The highest BCUT2D eigenvalue weighted by molar-refractivity contribution is 7.98. The van der Waals surface area contributed by atoms with Gasteiger partial charge in [-0.3, -0.25) is 0 Å². The molecule has 0 saturated heterocycles.